The lowest BCUT2D eigenvalue weighted by Crippen LogP contribution is -2.47. The summed E-state index contributed by atoms with van der Waals surface area (Å²) in [6.45, 7) is 0.107. The predicted molar refractivity (Wildman–Crippen MR) is 172 cm³/mol. The third kappa shape index (κ3) is 8.38. The fourth-order valence-electron chi connectivity index (χ4n) is 4.79. The number of nitrogens with zero attached hydrogens (tertiary/aromatic N) is 3. The minimum atomic E-state index is -0.728. The summed E-state index contributed by atoms with van der Waals surface area (Å²) in [6.07, 6.45) is 4.05. The van der Waals surface area contributed by atoms with Crippen molar-refractivity contribution < 1.29 is 23.9 Å². The number of nitrogens with one attached hydrogen (secondary N) is 2. The van der Waals surface area contributed by atoms with Crippen LogP contribution in [0.4, 0.5) is 9.93 Å². The van der Waals surface area contributed by atoms with Crippen molar-refractivity contribution in [2.75, 3.05) is 25.2 Å². The Kier molecular flexibility index (Phi) is 10.5. The number of anilines is 1. The van der Waals surface area contributed by atoms with E-state index in [1.807, 2.05) is 47.8 Å². The highest BCUT2D eigenvalue weighted by atomic mass is 32.2. The molecule has 2 aliphatic rings. The maximum Gasteiger partial charge on any atom is 0.411 e. The van der Waals surface area contributed by atoms with Gasteiger partial charge in [-0.15, -0.1) is 23.1 Å². The first-order chi connectivity index (χ1) is 21.3. The zero-order valence-corrected chi connectivity index (χ0v) is 26.5. The lowest BCUT2D eigenvalue weighted by Gasteiger charge is -2.28. The number of unbranched alkanes of at least 4 members (excludes halogenated alkanes) is 1. The highest BCUT2D eigenvalue weighted by molar-refractivity contribution is 8.00. The van der Waals surface area contributed by atoms with E-state index in [2.05, 4.69) is 15.6 Å². The van der Waals surface area contributed by atoms with E-state index in [-0.39, 0.29) is 29.7 Å². The van der Waals surface area contributed by atoms with Crippen molar-refractivity contribution in [1.29, 1.82) is 0 Å². The summed E-state index contributed by atoms with van der Waals surface area (Å²) < 4.78 is 5.65. The molecule has 2 atom stereocenters. The van der Waals surface area contributed by atoms with Gasteiger partial charge in [0.1, 0.15) is 12.6 Å². The molecule has 1 aromatic heterocycles. The van der Waals surface area contributed by atoms with Gasteiger partial charge >= 0.3 is 6.09 Å². The number of thiazole rings is 1. The highest BCUT2D eigenvalue weighted by Crippen LogP contribution is 2.35. The Morgan fingerprint density at radius 2 is 1.77 bits per heavy atom. The molecule has 0 radical (unpaired) electrons. The molecule has 0 bridgehead atoms. The van der Waals surface area contributed by atoms with Gasteiger partial charge in [-0.25, -0.2) is 9.78 Å². The van der Waals surface area contributed by atoms with Gasteiger partial charge in [0.2, 0.25) is 11.8 Å². The van der Waals surface area contributed by atoms with Gasteiger partial charge < -0.3 is 20.3 Å². The summed E-state index contributed by atoms with van der Waals surface area (Å²) >= 11 is 2.84. The third-order valence-electron chi connectivity index (χ3n) is 7.49. The molecule has 1 unspecified atom stereocenters. The van der Waals surface area contributed by atoms with Crippen LogP contribution in [0.25, 0.3) is 11.3 Å². The molecule has 44 heavy (non-hydrogen) atoms. The van der Waals surface area contributed by atoms with E-state index in [9.17, 15) is 19.2 Å². The van der Waals surface area contributed by atoms with Gasteiger partial charge in [-0.3, -0.25) is 19.3 Å². The summed E-state index contributed by atoms with van der Waals surface area (Å²) in [6, 6.07) is 16.2. The smallest absolute Gasteiger partial charge is 0.411 e. The Hall–Kier alpha value is -3.90. The molecule has 12 heteroatoms. The maximum atomic E-state index is 13.5. The standard InChI is InChI=1S/C32H37N5O5S2/c1-36(2)27(38)10-6-7-11-28-37(32(41)42-18-21-8-4-3-5-9-21)26(20-43-28)30(40)35-31-34-25(19-44-31)22-12-14-23(15-13-22)29(39)33-24-16-17-24/h3-5,8-9,12-15,19,24,26,28H,6-7,10-11,16-18,20H2,1-2H3,(H,33,39)(H,34,35,40)/t26-,28?/m0/s1. The monoisotopic (exact) mass is 635 g/mol. The quantitative estimate of drug-likeness (QED) is 0.257. The molecule has 2 heterocycles. The minimum absolute atomic E-state index is 0.0679. The summed E-state index contributed by atoms with van der Waals surface area (Å²) in [5.41, 5.74) is 2.98. The van der Waals surface area contributed by atoms with Crippen molar-refractivity contribution in [3.63, 3.8) is 0 Å². The number of rotatable bonds is 12. The number of ether oxygens (including phenoxy) is 1. The lowest BCUT2D eigenvalue weighted by molar-refractivity contribution is -0.128. The number of carbonyl (C=O) groups excluding carboxylic acids is 4. The molecule has 232 valence electrons. The van der Waals surface area contributed by atoms with Crippen LogP contribution >= 0.6 is 23.1 Å². The summed E-state index contributed by atoms with van der Waals surface area (Å²) in [7, 11) is 3.47. The van der Waals surface area contributed by atoms with Crippen molar-refractivity contribution >= 4 is 52.0 Å². The minimum Gasteiger partial charge on any atom is -0.445 e. The number of amides is 4. The number of benzene rings is 2. The van der Waals surface area contributed by atoms with Crippen LogP contribution in [0.15, 0.2) is 60.0 Å². The molecule has 2 fully saturated rings. The number of hydrogen-bond acceptors (Lipinski definition) is 8. The fraction of sp³-hybridized carbons (Fsp3) is 0.406. The predicted octanol–water partition coefficient (Wildman–Crippen LogP) is 5.37. The molecule has 10 nitrogen and oxygen atoms in total. The Morgan fingerprint density at radius 3 is 2.48 bits per heavy atom. The molecule has 1 aliphatic heterocycles. The number of thioether (sulfide) groups is 1. The summed E-state index contributed by atoms with van der Waals surface area (Å²) in [4.78, 5) is 58.8. The fourth-order valence-corrected chi connectivity index (χ4v) is 6.95. The number of aromatic nitrogens is 1. The average Bonchev–Trinajstić information content (AvgIpc) is 3.54. The van der Waals surface area contributed by atoms with Gasteiger partial charge in [0.15, 0.2) is 5.13 Å². The van der Waals surface area contributed by atoms with Crippen molar-refractivity contribution in [3.8, 4) is 11.3 Å². The zero-order valence-electron chi connectivity index (χ0n) is 24.9. The van der Waals surface area contributed by atoms with Crippen LogP contribution in [0.2, 0.25) is 0 Å². The molecular weight excluding hydrogens is 599 g/mol. The molecule has 1 saturated heterocycles. The molecular formula is C32H37N5O5S2. The van der Waals surface area contributed by atoms with Gasteiger partial charge in [-0.1, -0.05) is 48.9 Å². The van der Waals surface area contributed by atoms with Crippen molar-refractivity contribution in [2.45, 2.75) is 62.6 Å². The topological polar surface area (TPSA) is 121 Å². The molecule has 1 saturated carbocycles. The van der Waals surface area contributed by atoms with E-state index in [0.29, 0.717) is 47.4 Å². The first kappa shape index (κ1) is 31.5. The van der Waals surface area contributed by atoms with Crippen molar-refractivity contribution in [2.24, 2.45) is 0 Å². The second-order valence-electron chi connectivity index (χ2n) is 11.1. The van der Waals surface area contributed by atoms with Gasteiger partial charge in [0.25, 0.3) is 5.91 Å². The molecule has 2 aromatic carbocycles. The van der Waals surface area contributed by atoms with E-state index >= 15 is 0 Å². The first-order valence-corrected chi connectivity index (χ1v) is 16.7. The number of hydrogen-bond donors (Lipinski definition) is 2. The first-order valence-electron chi connectivity index (χ1n) is 14.8. The van der Waals surface area contributed by atoms with Crippen molar-refractivity contribution in [1.82, 2.24) is 20.1 Å². The Morgan fingerprint density at radius 1 is 1.02 bits per heavy atom. The maximum absolute atomic E-state index is 13.5. The summed E-state index contributed by atoms with van der Waals surface area (Å²) in [5, 5.41) is 7.91. The summed E-state index contributed by atoms with van der Waals surface area (Å²) in [5.74, 6) is 0.0913. The van der Waals surface area contributed by atoms with E-state index in [4.69, 9.17) is 4.74 Å². The zero-order chi connectivity index (χ0) is 31.1. The van der Waals surface area contributed by atoms with Crippen LogP contribution in [0.1, 0.15) is 54.4 Å². The molecule has 1 aliphatic carbocycles. The van der Waals surface area contributed by atoms with Crippen LogP contribution in [0, 0.1) is 0 Å². The van der Waals surface area contributed by atoms with Gasteiger partial charge in [0, 0.05) is 48.8 Å². The molecule has 3 aromatic rings. The second-order valence-corrected chi connectivity index (χ2v) is 13.2. The molecule has 0 spiro atoms. The normalized spacial score (nSPS) is 17.6. The van der Waals surface area contributed by atoms with Crippen molar-refractivity contribution in [3.05, 3.63) is 71.1 Å². The van der Waals surface area contributed by atoms with Crippen LogP contribution in [0.5, 0.6) is 0 Å². The lowest BCUT2D eigenvalue weighted by atomic mass is 10.1. The van der Waals surface area contributed by atoms with Crippen LogP contribution in [-0.2, 0) is 20.9 Å². The van der Waals surface area contributed by atoms with E-state index in [1.165, 1.54) is 16.2 Å². The SMILES string of the molecule is CN(C)C(=O)CCCCC1SC[C@@H](C(=O)Nc2nc(-c3ccc(C(=O)NC4CC4)cc3)cs2)N1C(=O)OCc1ccccc1. The Labute approximate surface area is 265 Å². The number of carbonyl (C=O) groups is 4. The largest absolute Gasteiger partial charge is 0.445 e. The average molecular weight is 636 g/mol. The van der Waals surface area contributed by atoms with Gasteiger partial charge in [-0.05, 0) is 43.4 Å². The van der Waals surface area contributed by atoms with E-state index < -0.39 is 12.1 Å². The highest BCUT2D eigenvalue weighted by Gasteiger charge is 2.42. The third-order valence-corrected chi connectivity index (χ3v) is 9.60. The second kappa shape index (κ2) is 14.7. The molecule has 5 rings (SSSR count). The molecule has 4 amide bonds. The Balaban J connectivity index is 1.21. The molecule has 2 N–H and O–H groups in total. The van der Waals surface area contributed by atoms with E-state index in [1.54, 1.807) is 42.9 Å². The van der Waals surface area contributed by atoms with Crippen LogP contribution in [0.3, 0.4) is 0 Å². The van der Waals surface area contributed by atoms with E-state index in [0.717, 1.165) is 30.4 Å². The van der Waals surface area contributed by atoms with Gasteiger partial charge in [0.05, 0.1) is 11.1 Å². The van der Waals surface area contributed by atoms with Crippen LogP contribution < -0.4 is 10.6 Å². The van der Waals surface area contributed by atoms with Gasteiger partial charge in [-0.2, -0.15) is 0 Å². The Bertz CT molecular complexity index is 1460. The van der Waals surface area contributed by atoms with Crippen LogP contribution in [-0.4, -0.2) is 75.9 Å².